The first-order valence-corrected chi connectivity index (χ1v) is 6.15. The number of hydrogen-bond acceptors (Lipinski definition) is 5. The van der Waals surface area contributed by atoms with Crippen LogP contribution in [0.4, 0.5) is 10.1 Å². The van der Waals surface area contributed by atoms with E-state index in [2.05, 4.69) is 15.5 Å². The molecule has 1 heterocycles. The molecule has 0 spiro atoms. The number of anilines is 1. The fraction of sp³-hybridized carbons (Fsp3) is 0.273. The summed E-state index contributed by atoms with van der Waals surface area (Å²) in [5.41, 5.74) is 0.509. The van der Waals surface area contributed by atoms with Crippen molar-refractivity contribution in [3.8, 4) is 0 Å². The second-order valence-corrected chi connectivity index (χ2v) is 4.39. The van der Waals surface area contributed by atoms with Crippen molar-refractivity contribution >= 4 is 17.4 Å². The van der Waals surface area contributed by atoms with Crippen molar-refractivity contribution in [2.24, 2.45) is 0 Å². The van der Waals surface area contributed by atoms with Gasteiger partial charge in [-0.25, -0.2) is 4.39 Å². The van der Waals surface area contributed by atoms with E-state index in [1.54, 1.807) is 25.1 Å². The van der Waals surface area contributed by atoms with Crippen LogP contribution < -0.4 is 5.32 Å². The number of nitrogens with one attached hydrogen (secondary N) is 1. The highest BCUT2D eigenvalue weighted by atomic mass is 32.2. The van der Waals surface area contributed by atoms with Crippen molar-refractivity contribution in [3.05, 3.63) is 36.0 Å². The van der Waals surface area contributed by atoms with Gasteiger partial charge in [-0.2, -0.15) is 0 Å². The maximum Gasteiger partial charge on any atom is 0.276 e. The largest absolute Gasteiger partial charge is 0.416 e. The van der Waals surface area contributed by atoms with Crippen LogP contribution >= 0.6 is 11.8 Å². The SMILES string of the molecule is Cc1nnc(SCCNc2ccccc2F)o1. The van der Waals surface area contributed by atoms with E-state index >= 15 is 0 Å². The average molecular weight is 253 g/mol. The summed E-state index contributed by atoms with van der Waals surface area (Å²) in [7, 11) is 0. The molecule has 90 valence electrons. The van der Waals surface area contributed by atoms with Crippen LogP contribution in [-0.4, -0.2) is 22.5 Å². The summed E-state index contributed by atoms with van der Waals surface area (Å²) in [6, 6.07) is 6.59. The molecule has 6 heteroatoms. The molecule has 2 rings (SSSR count). The van der Waals surface area contributed by atoms with E-state index in [4.69, 9.17) is 4.42 Å². The number of benzene rings is 1. The summed E-state index contributed by atoms with van der Waals surface area (Å²) < 4.78 is 18.4. The van der Waals surface area contributed by atoms with Crippen LogP contribution in [0.3, 0.4) is 0 Å². The smallest absolute Gasteiger partial charge is 0.276 e. The highest BCUT2D eigenvalue weighted by Gasteiger charge is 2.03. The molecule has 17 heavy (non-hydrogen) atoms. The van der Waals surface area contributed by atoms with E-state index in [1.165, 1.54) is 17.8 Å². The topological polar surface area (TPSA) is 51.0 Å². The Kier molecular flexibility index (Phi) is 3.98. The molecule has 4 nitrogen and oxygen atoms in total. The first kappa shape index (κ1) is 11.9. The third-order valence-corrected chi connectivity index (χ3v) is 2.84. The summed E-state index contributed by atoms with van der Waals surface area (Å²) in [5, 5.41) is 11.1. The minimum Gasteiger partial charge on any atom is -0.416 e. The van der Waals surface area contributed by atoms with Crippen LogP contribution in [-0.2, 0) is 0 Å². The number of halogens is 1. The van der Waals surface area contributed by atoms with Crippen LogP contribution in [0.5, 0.6) is 0 Å². The van der Waals surface area contributed by atoms with Crippen molar-refractivity contribution in [1.82, 2.24) is 10.2 Å². The van der Waals surface area contributed by atoms with Crippen molar-refractivity contribution in [3.63, 3.8) is 0 Å². The Bertz CT molecular complexity index is 489. The van der Waals surface area contributed by atoms with Gasteiger partial charge in [0.25, 0.3) is 5.22 Å². The standard InChI is InChI=1S/C11H12FN3OS/c1-8-14-15-11(16-8)17-7-6-13-10-5-3-2-4-9(10)12/h2-5,13H,6-7H2,1H3. The van der Waals surface area contributed by atoms with Crippen LogP contribution in [0, 0.1) is 12.7 Å². The number of nitrogens with zero attached hydrogens (tertiary/aromatic N) is 2. The van der Waals surface area contributed by atoms with Gasteiger partial charge in [0.2, 0.25) is 5.89 Å². The van der Waals surface area contributed by atoms with Crippen molar-refractivity contribution in [1.29, 1.82) is 0 Å². The van der Waals surface area contributed by atoms with Gasteiger partial charge in [-0.3, -0.25) is 0 Å². The minimum absolute atomic E-state index is 0.244. The van der Waals surface area contributed by atoms with Gasteiger partial charge >= 0.3 is 0 Å². The van der Waals surface area contributed by atoms with E-state index in [0.717, 1.165) is 5.75 Å². The van der Waals surface area contributed by atoms with Gasteiger partial charge in [0, 0.05) is 19.2 Å². The van der Waals surface area contributed by atoms with Crippen LogP contribution in [0.25, 0.3) is 0 Å². The fourth-order valence-electron chi connectivity index (χ4n) is 1.27. The first-order valence-electron chi connectivity index (χ1n) is 5.17. The Labute approximate surface area is 103 Å². The van der Waals surface area contributed by atoms with E-state index in [9.17, 15) is 4.39 Å². The lowest BCUT2D eigenvalue weighted by molar-refractivity contribution is 0.429. The van der Waals surface area contributed by atoms with Gasteiger partial charge in [0.15, 0.2) is 0 Å². The van der Waals surface area contributed by atoms with Crippen LogP contribution in [0.2, 0.25) is 0 Å². The number of thioether (sulfide) groups is 1. The summed E-state index contributed by atoms with van der Waals surface area (Å²) in [6.07, 6.45) is 0. The minimum atomic E-state index is -0.244. The number of aromatic nitrogens is 2. The molecule has 0 bridgehead atoms. The zero-order valence-electron chi connectivity index (χ0n) is 9.31. The maximum atomic E-state index is 13.2. The van der Waals surface area contributed by atoms with Crippen molar-refractivity contribution in [2.75, 3.05) is 17.6 Å². The second kappa shape index (κ2) is 5.67. The van der Waals surface area contributed by atoms with Gasteiger partial charge in [-0.05, 0) is 12.1 Å². The normalized spacial score (nSPS) is 10.5. The highest BCUT2D eigenvalue weighted by Crippen LogP contribution is 2.16. The monoisotopic (exact) mass is 253 g/mol. The van der Waals surface area contributed by atoms with Gasteiger partial charge in [-0.1, -0.05) is 23.9 Å². The Balaban J connectivity index is 1.75. The summed E-state index contributed by atoms with van der Waals surface area (Å²) in [4.78, 5) is 0. The molecule has 1 aromatic heterocycles. The zero-order chi connectivity index (χ0) is 12.1. The Morgan fingerprint density at radius 2 is 2.18 bits per heavy atom. The van der Waals surface area contributed by atoms with Crippen molar-refractivity contribution in [2.45, 2.75) is 12.1 Å². The molecule has 0 fully saturated rings. The third-order valence-electron chi connectivity index (χ3n) is 2.02. The molecule has 0 aliphatic rings. The Morgan fingerprint density at radius 1 is 1.35 bits per heavy atom. The predicted molar refractivity (Wildman–Crippen MR) is 64.6 cm³/mol. The fourth-order valence-corrected chi connectivity index (χ4v) is 1.92. The molecule has 0 aliphatic carbocycles. The molecular weight excluding hydrogens is 241 g/mol. The number of para-hydroxylation sites is 1. The quantitative estimate of drug-likeness (QED) is 0.656. The van der Waals surface area contributed by atoms with E-state index in [0.29, 0.717) is 23.3 Å². The molecular formula is C11H12FN3OS. The van der Waals surface area contributed by atoms with Crippen LogP contribution in [0.15, 0.2) is 33.9 Å². The molecule has 0 aliphatic heterocycles. The first-order chi connectivity index (χ1) is 8.25. The summed E-state index contributed by atoms with van der Waals surface area (Å²) in [6.45, 7) is 2.38. The molecule has 0 atom stereocenters. The van der Waals surface area contributed by atoms with Gasteiger partial charge in [0.1, 0.15) is 5.82 Å². The molecule has 0 radical (unpaired) electrons. The Hall–Kier alpha value is -1.56. The maximum absolute atomic E-state index is 13.2. The predicted octanol–water partition coefficient (Wildman–Crippen LogP) is 2.72. The molecule has 0 unspecified atom stereocenters. The van der Waals surface area contributed by atoms with E-state index in [1.807, 2.05) is 0 Å². The van der Waals surface area contributed by atoms with Gasteiger partial charge in [0.05, 0.1) is 5.69 Å². The molecule has 1 N–H and O–H groups in total. The number of rotatable bonds is 5. The molecule has 0 saturated heterocycles. The van der Waals surface area contributed by atoms with Crippen molar-refractivity contribution < 1.29 is 8.81 Å². The zero-order valence-corrected chi connectivity index (χ0v) is 10.1. The third kappa shape index (κ3) is 3.45. The Morgan fingerprint density at radius 3 is 2.88 bits per heavy atom. The van der Waals surface area contributed by atoms with E-state index < -0.39 is 0 Å². The molecule has 1 aromatic carbocycles. The molecule has 0 amide bonds. The number of aryl methyl sites for hydroxylation is 1. The van der Waals surface area contributed by atoms with Gasteiger partial charge in [-0.15, -0.1) is 10.2 Å². The number of hydrogen-bond donors (Lipinski definition) is 1. The summed E-state index contributed by atoms with van der Waals surface area (Å²) >= 11 is 1.44. The lowest BCUT2D eigenvalue weighted by atomic mass is 10.3. The second-order valence-electron chi connectivity index (χ2n) is 3.34. The van der Waals surface area contributed by atoms with Gasteiger partial charge < -0.3 is 9.73 Å². The van der Waals surface area contributed by atoms with E-state index in [-0.39, 0.29) is 5.82 Å². The molecule has 0 saturated carbocycles. The van der Waals surface area contributed by atoms with Crippen LogP contribution in [0.1, 0.15) is 5.89 Å². The summed E-state index contributed by atoms with van der Waals surface area (Å²) in [5.74, 6) is 1.04. The lowest BCUT2D eigenvalue weighted by Gasteiger charge is -2.05. The average Bonchev–Trinajstić information content (AvgIpc) is 2.73. The molecule has 2 aromatic rings. The highest BCUT2D eigenvalue weighted by molar-refractivity contribution is 7.99. The lowest BCUT2D eigenvalue weighted by Crippen LogP contribution is -2.05.